The van der Waals surface area contributed by atoms with E-state index in [-0.39, 0.29) is 0 Å². The van der Waals surface area contributed by atoms with Crippen LogP contribution in [0, 0.1) is 0 Å². The minimum atomic E-state index is -3.27. The summed E-state index contributed by atoms with van der Waals surface area (Å²) in [5, 5.41) is 10.4. The van der Waals surface area contributed by atoms with Gasteiger partial charge in [0.05, 0.1) is 12.4 Å². The Bertz CT molecular complexity index is 593. The van der Waals surface area contributed by atoms with Crippen molar-refractivity contribution in [2.75, 3.05) is 24.1 Å². The molecule has 1 aliphatic heterocycles. The van der Waals surface area contributed by atoms with Crippen LogP contribution in [0.2, 0.25) is 0 Å². The van der Waals surface area contributed by atoms with Crippen molar-refractivity contribution in [3.63, 3.8) is 0 Å². The second kappa shape index (κ2) is 8.83. The number of likely N-dealkylation sites (tertiary alicyclic amines) is 1. The van der Waals surface area contributed by atoms with E-state index >= 15 is 0 Å². The third-order valence-corrected chi connectivity index (χ3v) is 5.33. The van der Waals surface area contributed by atoms with Crippen LogP contribution < -0.4 is 4.72 Å². The van der Waals surface area contributed by atoms with Crippen molar-refractivity contribution in [1.82, 2.24) is 4.90 Å². The summed E-state index contributed by atoms with van der Waals surface area (Å²) in [5.41, 5.74) is 1.35. The largest absolute Gasteiger partial charge is 0.388 e. The molecule has 2 atom stereocenters. The Labute approximate surface area is 146 Å². The zero-order valence-corrected chi connectivity index (χ0v) is 15.6. The standard InChI is InChI=1S/C18H30N2O3S/c1-15(20-13-5-3-4-6-14-20)7-12-18(21)16-8-10-17(11-9-16)19-24(2,22)23/h8-11,15,18-19,21H,3-7,12-14H2,1-2H3. The molecule has 136 valence electrons. The van der Waals surface area contributed by atoms with E-state index < -0.39 is 16.1 Å². The molecule has 0 bridgehead atoms. The smallest absolute Gasteiger partial charge is 0.229 e. The number of nitrogens with one attached hydrogen (secondary N) is 1. The van der Waals surface area contributed by atoms with Gasteiger partial charge in [-0.15, -0.1) is 0 Å². The van der Waals surface area contributed by atoms with Crippen molar-refractivity contribution in [2.24, 2.45) is 0 Å². The van der Waals surface area contributed by atoms with Crippen molar-refractivity contribution in [3.8, 4) is 0 Å². The maximum atomic E-state index is 11.2. The van der Waals surface area contributed by atoms with Gasteiger partial charge in [0.25, 0.3) is 0 Å². The normalized spacial score (nSPS) is 19.5. The third kappa shape index (κ3) is 6.42. The summed E-state index contributed by atoms with van der Waals surface area (Å²) in [6, 6.07) is 7.45. The lowest BCUT2D eigenvalue weighted by molar-refractivity contribution is 0.137. The minimum Gasteiger partial charge on any atom is -0.388 e. The van der Waals surface area contributed by atoms with E-state index in [4.69, 9.17) is 0 Å². The van der Waals surface area contributed by atoms with E-state index in [0.717, 1.165) is 24.7 Å². The van der Waals surface area contributed by atoms with Gasteiger partial charge in [-0.05, 0) is 63.4 Å². The number of rotatable bonds is 7. The Kier molecular flexibility index (Phi) is 7.07. The zero-order chi connectivity index (χ0) is 17.6. The van der Waals surface area contributed by atoms with Crippen molar-refractivity contribution in [2.45, 2.75) is 57.6 Å². The van der Waals surface area contributed by atoms with Crippen LogP contribution in [0.15, 0.2) is 24.3 Å². The number of anilines is 1. The van der Waals surface area contributed by atoms with Gasteiger partial charge in [0, 0.05) is 11.7 Å². The fraction of sp³-hybridized carbons (Fsp3) is 0.667. The number of benzene rings is 1. The first-order chi connectivity index (χ1) is 11.3. The molecule has 1 saturated heterocycles. The topological polar surface area (TPSA) is 69.6 Å². The van der Waals surface area contributed by atoms with Crippen LogP contribution in [0.25, 0.3) is 0 Å². The molecule has 0 aromatic heterocycles. The lowest BCUT2D eigenvalue weighted by atomic mass is 10.0. The van der Waals surface area contributed by atoms with E-state index in [0.29, 0.717) is 11.7 Å². The van der Waals surface area contributed by atoms with Crippen LogP contribution in [0.3, 0.4) is 0 Å². The molecule has 1 aromatic rings. The zero-order valence-electron chi connectivity index (χ0n) is 14.7. The SMILES string of the molecule is CC(CCC(O)c1ccc(NS(C)(=O)=O)cc1)N1CCCCCC1. The molecular formula is C18H30N2O3S. The molecule has 1 aliphatic rings. The summed E-state index contributed by atoms with van der Waals surface area (Å²) in [7, 11) is -3.27. The van der Waals surface area contributed by atoms with Crippen LogP contribution in [-0.2, 0) is 10.0 Å². The van der Waals surface area contributed by atoms with E-state index in [2.05, 4.69) is 16.5 Å². The summed E-state index contributed by atoms with van der Waals surface area (Å²) >= 11 is 0. The molecular weight excluding hydrogens is 324 g/mol. The van der Waals surface area contributed by atoms with Crippen LogP contribution >= 0.6 is 0 Å². The highest BCUT2D eigenvalue weighted by Gasteiger charge is 2.17. The number of hydrogen-bond donors (Lipinski definition) is 2. The second-order valence-electron chi connectivity index (χ2n) is 6.89. The summed E-state index contributed by atoms with van der Waals surface area (Å²) in [6.45, 7) is 4.59. The monoisotopic (exact) mass is 354 g/mol. The first-order valence-electron chi connectivity index (χ1n) is 8.85. The fourth-order valence-corrected chi connectivity index (χ4v) is 3.84. The van der Waals surface area contributed by atoms with E-state index in [1.165, 1.54) is 38.8 Å². The first kappa shape index (κ1) is 19.2. The van der Waals surface area contributed by atoms with Gasteiger partial charge < -0.3 is 10.0 Å². The van der Waals surface area contributed by atoms with Crippen molar-refractivity contribution >= 4 is 15.7 Å². The maximum Gasteiger partial charge on any atom is 0.229 e. The fourth-order valence-electron chi connectivity index (χ4n) is 3.27. The molecule has 0 radical (unpaired) electrons. The average molecular weight is 355 g/mol. The predicted molar refractivity (Wildman–Crippen MR) is 98.6 cm³/mol. The summed E-state index contributed by atoms with van der Waals surface area (Å²) in [5.74, 6) is 0. The second-order valence-corrected chi connectivity index (χ2v) is 8.64. The molecule has 6 heteroatoms. The van der Waals surface area contributed by atoms with Crippen LogP contribution in [-0.4, -0.2) is 43.8 Å². The number of aliphatic hydroxyl groups excluding tert-OH is 1. The Morgan fingerprint density at radius 1 is 1.08 bits per heavy atom. The van der Waals surface area contributed by atoms with Gasteiger partial charge in [-0.25, -0.2) is 8.42 Å². The summed E-state index contributed by atoms with van der Waals surface area (Å²) in [4.78, 5) is 2.54. The van der Waals surface area contributed by atoms with Crippen molar-refractivity contribution < 1.29 is 13.5 Å². The van der Waals surface area contributed by atoms with Crippen LogP contribution in [0.1, 0.15) is 57.1 Å². The molecule has 24 heavy (non-hydrogen) atoms. The highest BCUT2D eigenvalue weighted by molar-refractivity contribution is 7.92. The Morgan fingerprint density at radius 2 is 1.67 bits per heavy atom. The lowest BCUT2D eigenvalue weighted by Crippen LogP contribution is -2.34. The van der Waals surface area contributed by atoms with E-state index in [9.17, 15) is 13.5 Å². The van der Waals surface area contributed by atoms with Gasteiger partial charge in [-0.2, -0.15) is 0 Å². The Balaban J connectivity index is 1.84. The van der Waals surface area contributed by atoms with Gasteiger partial charge in [0.2, 0.25) is 10.0 Å². The molecule has 2 N–H and O–H groups in total. The number of hydrogen-bond acceptors (Lipinski definition) is 4. The molecule has 0 spiro atoms. The third-order valence-electron chi connectivity index (χ3n) is 4.72. The van der Waals surface area contributed by atoms with Crippen LogP contribution in [0.4, 0.5) is 5.69 Å². The Hall–Kier alpha value is -1.11. The van der Waals surface area contributed by atoms with E-state index in [1.807, 2.05) is 0 Å². The van der Waals surface area contributed by atoms with E-state index in [1.54, 1.807) is 24.3 Å². The van der Waals surface area contributed by atoms with Crippen molar-refractivity contribution in [3.05, 3.63) is 29.8 Å². The van der Waals surface area contributed by atoms with Crippen LogP contribution in [0.5, 0.6) is 0 Å². The molecule has 0 aliphatic carbocycles. The van der Waals surface area contributed by atoms with Gasteiger partial charge in [0.1, 0.15) is 0 Å². The summed E-state index contributed by atoms with van der Waals surface area (Å²) < 4.78 is 24.8. The molecule has 2 rings (SSSR count). The predicted octanol–water partition coefficient (Wildman–Crippen LogP) is 3.14. The molecule has 2 unspecified atom stereocenters. The first-order valence-corrected chi connectivity index (χ1v) is 10.7. The molecule has 1 aromatic carbocycles. The van der Waals surface area contributed by atoms with Gasteiger partial charge >= 0.3 is 0 Å². The van der Waals surface area contributed by atoms with Crippen molar-refractivity contribution in [1.29, 1.82) is 0 Å². The molecule has 1 fully saturated rings. The quantitative estimate of drug-likeness (QED) is 0.789. The molecule has 0 amide bonds. The maximum absolute atomic E-state index is 11.2. The Morgan fingerprint density at radius 3 is 2.21 bits per heavy atom. The molecule has 1 heterocycles. The molecule has 5 nitrogen and oxygen atoms in total. The highest BCUT2D eigenvalue weighted by atomic mass is 32.2. The van der Waals surface area contributed by atoms with Gasteiger partial charge in [-0.1, -0.05) is 25.0 Å². The highest BCUT2D eigenvalue weighted by Crippen LogP contribution is 2.23. The van der Waals surface area contributed by atoms with Gasteiger partial charge in [0.15, 0.2) is 0 Å². The molecule has 0 saturated carbocycles. The average Bonchev–Trinajstić information content (AvgIpc) is 2.80. The van der Waals surface area contributed by atoms with Gasteiger partial charge in [-0.3, -0.25) is 4.72 Å². The number of sulfonamides is 1. The minimum absolute atomic E-state index is 0.490. The number of aliphatic hydroxyl groups is 1. The number of nitrogens with zero attached hydrogens (tertiary/aromatic N) is 1. The lowest BCUT2D eigenvalue weighted by Gasteiger charge is -2.28. The summed E-state index contributed by atoms with van der Waals surface area (Å²) in [6.07, 6.45) is 7.52.